The molecule has 0 heterocycles. The van der Waals surface area contributed by atoms with E-state index in [9.17, 15) is 13.2 Å². The summed E-state index contributed by atoms with van der Waals surface area (Å²) in [6.45, 7) is 1.68. The van der Waals surface area contributed by atoms with Crippen molar-refractivity contribution in [3.05, 3.63) is 24.3 Å². The fourth-order valence-corrected chi connectivity index (χ4v) is 1.29. The second-order valence-corrected chi connectivity index (χ2v) is 2.96. The van der Waals surface area contributed by atoms with Crippen molar-refractivity contribution >= 4 is 0 Å². The quantitative estimate of drug-likeness (QED) is 0.652. The lowest BCUT2D eigenvalue weighted by molar-refractivity contribution is -0.358. The summed E-state index contributed by atoms with van der Waals surface area (Å²) >= 11 is 0. The van der Waals surface area contributed by atoms with E-state index in [0.717, 1.165) is 0 Å². The molecule has 0 fully saturated rings. The predicted molar refractivity (Wildman–Crippen MR) is 43.1 cm³/mol. The topological polar surface area (TPSA) is 9.23 Å². The zero-order valence-electron chi connectivity index (χ0n) is 7.27. The molecule has 4 heteroatoms. The fraction of sp³-hybridized carbons (Fsp3) is 0.556. The highest BCUT2D eigenvalue weighted by molar-refractivity contribution is 5.18. The van der Waals surface area contributed by atoms with E-state index in [1.165, 1.54) is 6.08 Å². The Labute approximate surface area is 74.9 Å². The van der Waals surface area contributed by atoms with Crippen molar-refractivity contribution in [3.8, 4) is 0 Å². The second-order valence-electron chi connectivity index (χ2n) is 2.96. The van der Waals surface area contributed by atoms with E-state index in [1.54, 1.807) is 25.2 Å². The van der Waals surface area contributed by atoms with Crippen LogP contribution in [0.4, 0.5) is 13.2 Å². The molecule has 0 aromatic carbocycles. The summed E-state index contributed by atoms with van der Waals surface area (Å²) < 4.78 is 40.1. The minimum Gasteiger partial charge on any atom is -0.281 e. The number of hydrogen-bond acceptors (Lipinski definition) is 1. The minimum atomic E-state index is -4.56. The SMILES string of the molecule is CCC1(OC(F)(F)F)C=CC=CC1. The molecule has 0 aromatic rings. The standard InChI is InChI=1S/C9H11F3O/c1-2-8(13-9(10,11)12)6-4-3-5-7-8/h3-6H,2,7H2,1H3. The maximum atomic E-state index is 12.0. The molecule has 1 atom stereocenters. The average Bonchev–Trinajstić information content (AvgIpc) is 2.03. The van der Waals surface area contributed by atoms with E-state index in [2.05, 4.69) is 4.74 Å². The highest BCUT2D eigenvalue weighted by Crippen LogP contribution is 2.33. The number of hydrogen-bond donors (Lipinski definition) is 0. The maximum Gasteiger partial charge on any atom is 0.523 e. The first kappa shape index (κ1) is 10.3. The Hall–Kier alpha value is -0.770. The Balaban J connectivity index is 2.71. The number of allylic oxidation sites excluding steroid dienone is 2. The van der Waals surface area contributed by atoms with Crippen LogP contribution in [-0.2, 0) is 4.74 Å². The van der Waals surface area contributed by atoms with Crippen molar-refractivity contribution in [1.29, 1.82) is 0 Å². The molecule has 13 heavy (non-hydrogen) atoms. The Morgan fingerprint density at radius 2 is 2.08 bits per heavy atom. The van der Waals surface area contributed by atoms with Crippen LogP contribution in [0.1, 0.15) is 19.8 Å². The van der Waals surface area contributed by atoms with Crippen LogP contribution in [0, 0.1) is 0 Å². The molecule has 74 valence electrons. The van der Waals surface area contributed by atoms with E-state index in [4.69, 9.17) is 0 Å². The van der Waals surface area contributed by atoms with E-state index in [1.807, 2.05) is 0 Å². The van der Waals surface area contributed by atoms with Crippen molar-refractivity contribution < 1.29 is 17.9 Å². The van der Waals surface area contributed by atoms with Gasteiger partial charge in [0.05, 0.1) is 5.60 Å². The summed E-state index contributed by atoms with van der Waals surface area (Å²) in [5.74, 6) is 0. The van der Waals surface area contributed by atoms with E-state index < -0.39 is 12.0 Å². The average molecular weight is 192 g/mol. The first-order valence-corrected chi connectivity index (χ1v) is 4.09. The van der Waals surface area contributed by atoms with Crippen molar-refractivity contribution in [2.45, 2.75) is 31.7 Å². The summed E-state index contributed by atoms with van der Waals surface area (Å²) in [6.07, 6.45) is 2.46. The molecule has 1 rings (SSSR count). The van der Waals surface area contributed by atoms with Gasteiger partial charge in [-0.05, 0) is 12.8 Å². The Bertz CT molecular complexity index is 230. The molecular formula is C9H11F3O. The van der Waals surface area contributed by atoms with Crippen molar-refractivity contribution in [2.75, 3.05) is 0 Å². The summed E-state index contributed by atoms with van der Waals surface area (Å²) in [5.41, 5.74) is -1.19. The van der Waals surface area contributed by atoms with Gasteiger partial charge < -0.3 is 0 Å². The summed E-state index contributed by atoms with van der Waals surface area (Å²) in [6, 6.07) is 0. The van der Waals surface area contributed by atoms with Crippen molar-refractivity contribution in [2.24, 2.45) is 0 Å². The number of halogens is 3. The summed E-state index contributed by atoms with van der Waals surface area (Å²) in [4.78, 5) is 0. The molecular weight excluding hydrogens is 181 g/mol. The van der Waals surface area contributed by atoms with Gasteiger partial charge >= 0.3 is 6.36 Å². The van der Waals surface area contributed by atoms with Gasteiger partial charge in [-0.1, -0.05) is 31.2 Å². The Kier molecular flexibility index (Phi) is 2.81. The van der Waals surface area contributed by atoms with Gasteiger partial charge in [0.1, 0.15) is 0 Å². The molecule has 0 spiro atoms. The lowest BCUT2D eigenvalue weighted by Gasteiger charge is -2.30. The molecule has 1 aliphatic rings. The largest absolute Gasteiger partial charge is 0.523 e. The predicted octanol–water partition coefficient (Wildman–Crippen LogP) is 3.19. The molecule has 0 aromatic heterocycles. The van der Waals surface area contributed by atoms with Gasteiger partial charge in [0.15, 0.2) is 0 Å². The van der Waals surface area contributed by atoms with E-state index in [-0.39, 0.29) is 6.42 Å². The monoisotopic (exact) mass is 192 g/mol. The third-order valence-corrected chi connectivity index (χ3v) is 2.03. The number of ether oxygens (including phenoxy) is 1. The molecule has 1 aliphatic carbocycles. The van der Waals surface area contributed by atoms with Crippen LogP contribution in [0.5, 0.6) is 0 Å². The second kappa shape index (κ2) is 3.54. The Morgan fingerprint density at radius 1 is 1.38 bits per heavy atom. The van der Waals surface area contributed by atoms with Crippen LogP contribution in [-0.4, -0.2) is 12.0 Å². The normalized spacial score (nSPS) is 28.0. The highest BCUT2D eigenvalue weighted by atomic mass is 19.4. The van der Waals surface area contributed by atoms with Crippen LogP contribution < -0.4 is 0 Å². The van der Waals surface area contributed by atoms with Gasteiger partial charge in [-0.15, -0.1) is 13.2 Å². The molecule has 0 bridgehead atoms. The molecule has 1 unspecified atom stereocenters. The maximum absolute atomic E-state index is 12.0. The van der Waals surface area contributed by atoms with Gasteiger partial charge in [-0.25, -0.2) is 0 Å². The fourth-order valence-electron chi connectivity index (χ4n) is 1.29. The summed E-state index contributed by atoms with van der Waals surface area (Å²) in [5, 5.41) is 0. The smallest absolute Gasteiger partial charge is 0.281 e. The lowest BCUT2D eigenvalue weighted by Crippen LogP contribution is -2.36. The van der Waals surface area contributed by atoms with Crippen LogP contribution in [0.25, 0.3) is 0 Å². The summed E-state index contributed by atoms with van der Waals surface area (Å²) in [7, 11) is 0. The Morgan fingerprint density at radius 3 is 2.46 bits per heavy atom. The number of alkyl halides is 3. The van der Waals surface area contributed by atoms with Crippen LogP contribution in [0.2, 0.25) is 0 Å². The van der Waals surface area contributed by atoms with Gasteiger partial charge in [-0.2, -0.15) is 0 Å². The molecule has 0 aliphatic heterocycles. The third-order valence-electron chi connectivity index (χ3n) is 2.03. The number of rotatable bonds is 2. The third kappa shape index (κ3) is 2.88. The zero-order chi connectivity index (χ0) is 9.95. The van der Waals surface area contributed by atoms with Crippen LogP contribution in [0.15, 0.2) is 24.3 Å². The molecule has 0 saturated carbocycles. The molecule has 0 saturated heterocycles. The lowest BCUT2D eigenvalue weighted by atomic mass is 9.92. The molecule has 0 N–H and O–H groups in total. The first-order chi connectivity index (χ1) is 5.97. The zero-order valence-corrected chi connectivity index (χ0v) is 7.27. The molecule has 1 nitrogen and oxygen atoms in total. The first-order valence-electron chi connectivity index (χ1n) is 4.09. The van der Waals surface area contributed by atoms with E-state index in [0.29, 0.717) is 6.42 Å². The molecule has 0 radical (unpaired) electrons. The minimum absolute atomic E-state index is 0.277. The van der Waals surface area contributed by atoms with Gasteiger partial charge in [0.25, 0.3) is 0 Å². The van der Waals surface area contributed by atoms with Crippen LogP contribution in [0.3, 0.4) is 0 Å². The van der Waals surface area contributed by atoms with Crippen LogP contribution >= 0.6 is 0 Å². The molecule has 0 amide bonds. The van der Waals surface area contributed by atoms with E-state index >= 15 is 0 Å². The van der Waals surface area contributed by atoms with Gasteiger partial charge in [0.2, 0.25) is 0 Å². The van der Waals surface area contributed by atoms with Gasteiger partial charge in [-0.3, -0.25) is 4.74 Å². The van der Waals surface area contributed by atoms with Gasteiger partial charge in [0, 0.05) is 0 Å². The highest BCUT2D eigenvalue weighted by Gasteiger charge is 2.40. The van der Waals surface area contributed by atoms with Crippen molar-refractivity contribution in [3.63, 3.8) is 0 Å². The van der Waals surface area contributed by atoms with Crippen molar-refractivity contribution in [1.82, 2.24) is 0 Å².